The van der Waals surface area contributed by atoms with Gasteiger partial charge in [-0.2, -0.15) is 0 Å². The van der Waals surface area contributed by atoms with Crippen molar-refractivity contribution in [2.24, 2.45) is 11.8 Å². The van der Waals surface area contributed by atoms with Crippen molar-refractivity contribution in [3.05, 3.63) is 35.4 Å². The minimum atomic E-state index is -0.566. The van der Waals surface area contributed by atoms with Crippen LogP contribution >= 0.6 is 0 Å². The summed E-state index contributed by atoms with van der Waals surface area (Å²) in [5, 5.41) is 8.60. The zero-order chi connectivity index (χ0) is 20.0. The number of halogens is 1. The van der Waals surface area contributed by atoms with Crippen LogP contribution in [-0.2, 0) is 4.79 Å². The number of hydrogen-bond acceptors (Lipinski definition) is 5. The van der Waals surface area contributed by atoms with E-state index in [1.165, 1.54) is 11.1 Å². The summed E-state index contributed by atoms with van der Waals surface area (Å²) < 4.78 is 13.8. The van der Waals surface area contributed by atoms with E-state index in [0.717, 1.165) is 12.8 Å². The van der Waals surface area contributed by atoms with Gasteiger partial charge in [0.25, 0.3) is 0 Å². The van der Waals surface area contributed by atoms with Crippen LogP contribution in [0.4, 0.5) is 4.39 Å². The molecule has 0 bridgehead atoms. The Bertz CT molecular complexity index is 705. The summed E-state index contributed by atoms with van der Waals surface area (Å²) in [4.78, 5) is 14.7. The Hall–Kier alpha value is -1.54. The molecule has 3 N–H and O–H groups in total. The maximum absolute atomic E-state index is 13.8. The Morgan fingerprint density at radius 1 is 1.18 bits per heavy atom. The third-order valence-electron chi connectivity index (χ3n) is 6.29. The molecule has 2 aliphatic heterocycles. The van der Waals surface area contributed by atoms with Crippen LogP contribution in [0, 0.1) is 11.8 Å². The van der Waals surface area contributed by atoms with Gasteiger partial charge in [0.2, 0.25) is 5.91 Å². The number of nitrogens with one attached hydrogen (secondary N) is 3. The van der Waals surface area contributed by atoms with Gasteiger partial charge in [-0.1, -0.05) is 38.1 Å². The lowest BCUT2D eigenvalue weighted by Crippen LogP contribution is -2.68. The molecule has 28 heavy (non-hydrogen) atoms. The molecule has 0 radical (unpaired) electrons. The number of alkyl halides is 1. The van der Waals surface area contributed by atoms with Crippen LogP contribution < -0.4 is 16.1 Å². The molecule has 3 fully saturated rings. The zero-order valence-electron chi connectivity index (χ0n) is 17.2. The molecule has 154 valence electrons. The molecule has 6 nitrogen and oxygen atoms in total. The lowest BCUT2D eigenvalue weighted by Gasteiger charge is -2.42. The zero-order valence-corrected chi connectivity index (χ0v) is 17.2. The summed E-state index contributed by atoms with van der Waals surface area (Å²) in [6, 6.07) is 8.41. The fraction of sp³-hybridized carbons (Fsp3) is 0.667. The Morgan fingerprint density at radius 3 is 2.36 bits per heavy atom. The quantitative estimate of drug-likeness (QED) is 0.694. The molecule has 3 aliphatic rings. The van der Waals surface area contributed by atoms with Crippen molar-refractivity contribution in [3.8, 4) is 0 Å². The van der Waals surface area contributed by atoms with Crippen molar-refractivity contribution in [3.63, 3.8) is 0 Å². The van der Waals surface area contributed by atoms with E-state index in [1.54, 1.807) is 0 Å². The molecule has 1 aliphatic carbocycles. The third-order valence-corrected chi connectivity index (χ3v) is 6.29. The molecular formula is C21H32FN5O. The lowest BCUT2D eigenvalue weighted by atomic mass is 9.94. The largest absolute Gasteiger partial charge is 0.327 e. The van der Waals surface area contributed by atoms with Gasteiger partial charge in [0.15, 0.2) is 0 Å². The number of carbonyl (C=O) groups excluding carboxylic acids is 1. The standard InChI is InChI=1S/C21H32FN5O/c1-12(2)13-5-7-14(8-6-13)18(15-9-10-15)27-19-17(16(11-22)25-27)20(28)24-21(23-19)26(3)4/h5-8,12,15-19,21,23,25H,9-11H2,1-4H3,(H,24,28). The van der Waals surface area contributed by atoms with E-state index < -0.39 is 18.6 Å². The third kappa shape index (κ3) is 3.56. The SMILES string of the molecule is CC(C)c1ccc(C(C2CC2)N2NC(CF)C3C(=O)NC(N(C)C)NC32)cc1. The molecule has 1 aromatic rings. The summed E-state index contributed by atoms with van der Waals surface area (Å²) >= 11 is 0. The molecule has 5 unspecified atom stereocenters. The van der Waals surface area contributed by atoms with E-state index in [-0.39, 0.29) is 24.4 Å². The second-order valence-electron chi connectivity index (χ2n) is 8.91. The highest BCUT2D eigenvalue weighted by molar-refractivity contribution is 5.81. The van der Waals surface area contributed by atoms with Crippen LogP contribution in [0.15, 0.2) is 24.3 Å². The summed E-state index contributed by atoms with van der Waals surface area (Å²) in [6.45, 7) is 3.82. The monoisotopic (exact) mass is 389 g/mol. The van der Waals surface area contributed by atoms with Crippen molar-refractivity contribution in [1.82, 2.24) is 26.0 Å². The van der Waals surface area contributed by atoms with E-state index >= 15 is 0 Å². The van der Waals surface area contributed by atoms with Crippen LogP contribution in [0.3, 0.4) is 0 Å². The van der Waals surface area contributed by atoms with Gasteiger partial charge >= 0.3 is 0 Å². The molecule has 2 heterocycles. The van der Waals surface area contributed by atoms with Gasteiger partial charge in [-0.25, -0.2) is 14.8 Å². The molecule has 4 rings (SSSR count). The van der Waals surface area contributed by atoms with E-state index in [1.807, 2.05) is 19.0 Å². The number of fused-ring (bicyclic) bond motifs is 1. The fourth-order valence-corrected chi connectivity index (χ4v) is 4.50. The van der Waals surface area contributed by atoms with Gasteiger partial charge in [-0.05, 0) is 49.9 Å². The second kappa shape index (κ2) is 7.71. The number of hydrogen-bond donors (Lipinski definition) is 3. The molecule has 7 heteroatoms. The molecular weight excluding hydrogens is 357 g/mol. The highest BCUT2D eigenvalue weighted by Gasteiger charge is 2.54. The van der Waals surface area contributed by atoms with Crippen LogP contribution in [-0.4, -0.2) is 55.1 Å². The van der Waals surface area contributed by atoms with Crippen LogP contribution in [0.2, 0.25) is 0 Å². The topological polar surface area (TPSA) is 59.6 Å². The van der Waals surface area contributed by atoms with Crippen molar-refractivity contribution < 1.29 is 9.18 Å². The molecule has 2 saturated heterocycles. The predicted molar refractivity (Wildman–Crippen MR) is 107 cm³/mol. The average Bonchev–Trinajstić information content (AvgIpc) is 3.43. The number of hydrazine groups is 1. The molecule has 1 amide bonds. The van der Waals surface area contributed by atoms with Gasteiger partial charge in [0, 0.05) is 0 Å². The summed E-state index contributed by atoms with van der Waals surface area (Å²) in [6.07, 6.45) is 1.82. The maximum atomic E-state index is 13.8. The highest BCUT2D eigenvalue weighted by atomic mass is 19.1. The number of amides is 1. The first-order chi connectivity index (χ1) is 13.4. The van der Waals surface area contributed by atoms with E-state index in [9.17, 15) is 9.18 Å². The van der Waals surface area contributed by atoms with Crippen molar-refractivity contribution in [2.45, 2.75) is 57.1 Å². The highest BCUT2D eigenvalue weighted by Crippen LogP contribution is 2.47. The Kier molecular flexibility index (Phi) is 5.44. The van der Waals surface area contributed by atoms with Crippen LogP contribution in [0.1, 0.15) is 49.8 Å². The number of rotatable bonds is 6. The Balaban J connectivity index is 1.65. The van der Waals surface area contributed by atoms with E-state index in [4.69, 9.17) is 0 Å². The Morgan fingerprint density at radius 2 is 1.82 bits per heavy atom. The first-order valence-corrected chi connectivity index (χ1v) is 10.3. The van der Waals surface area contributed by atoms with E-state index in [2.05, 4.69) is 59.2 Å². The average molecular weight is 390 g/mol. The molecule has 5 atom stereocenters. The fourth-order valence-electron chi connectivity index (χ4n) is 4.50. The minimum Gasteiger partial charge on any atom is -0.327 e. The van der Waals surface area contributed by atoms with Crippen LogP contribution in [0.5, 0.6) is 0 Å². The number of benzene rings is 1. The lowest BCUT2D eigenvalue weighted by molar-refractivity contribution is -0.133. The Labute approximate surface area is 166 Å². The molecule has 1 saturated carbocycles. The van der Waals surface area contributed by atoms with Gasteiger partial charge in [0.05, 0.1) is 24.2 Å². The maximum Gasteiger partial charge on any atom is 0.230 e. The first-order valence-electron chi connectivity index (χ1n) is 10.3. The predicted octanol–water partition coefficient (Wildman–Crippen LogP) is 1.93. The summed E-state index contributed by atoms with van der Waals surface area (Å²) in [7, 11) is 3.83. The normalized spacial score (nSPS) is 31.9. The smallest absolute Gasteiger partial charge is 0.230 e. The summed E-state index contributed by atoms with van der Waals surface area (Å²) in [5.41, 5.74) is 5.89. The minimum absolute atomic E-state index is 0.0928. The number of nitrogens with zero attached hydrogens (tertiary/aromatic N) is 2. The molecule has 1 aromatic carbocycles. The van der Waals surface area contributed by atoms with Gasteiger partial charge in [-0.3, -0.25) is 15.0 Å². The first kappa shape index (κ1) is 19.8. The van der Waals surface area contributed by atoms with Crippen molar-refractivity contribution >= 4 is 5.91 Å². The van der Waals surface area contributed by atoms with E-state index in [0.29, 0.717) is 11.8 Å². The molecule has 0 spiro atoms. The van der Waals surface area contributed by atoms with Gasteiger partial charge in [0.1, 0.15) is 13.0 Å². The molecule has 0 aromatic heterocycles. The second-order valence-corrected chi connectivity index (χ2v) is 8.91. The van der Waals surface area contributed by atoms with Crippen molar-refractivity contribution in [2.75, 3.05) is 20.8 Å². The summed E-state index contributed by atoms with van der Waals surface area (Å²) in [5.74, 6) is 0.478. The number of carbonyl (C=O) groups is 1. The van der Waals surface area contributed by atoms with Gasteiger partial charge < -0.3 is 5.32 Å². The van der Waals surface area contributed by atoms with Gasteiger partial charge in [-0.15, -0.1) is 0 Å². The van der Waals surface area contributed by atoms with Crippen LogP contribution in [0.25, 0.3) is 0 Å². The van der Waals surface area contributed by atoms with Crippen molar-refractivity contribution in [1.29, 1.82) is 0 Å².